The number of halogens is 1. The highest BCUT2D eigenvalue weighted by molar-refractivity contribution is 7.80. The normalized spacial score (nSPS) is 19.2. The summed E-state index contributed by atoms with van der Waals surface area (Å²) in [4.78, 5) is 7.81. The molecule has 0 unspecified atom stereocenters. The maximum atomic E-state index is 6.23. The Morgan fingerprint density at radius 1 is 1.19 bits per heavy atom. The van der Waals surface area contributed by atoms with E-state index in [-0.39, 0.29) is 12.1 Å². The van der Waals surface area contributed by atoms with Crippen molar-refractivity contribution in [2.24, 2.45) is 0 Å². The van der Waals surface area contributed by atoms with Crippen molar-refractivity contribution in [3.8, 4) is 5.75 Å². The van der Waals surface area contributed by atoms with E-state index in [0.717, 1.165) is 26.3 Å². The summed E-state index contributed by atoms with van der Waals surface area (Å²) >= 11 is 13.5. The van der Waals surface area contributed by atoms with E-state index in [1.54, 1.807) is 17.5 Å². The van der Waals surface area contributed by atoms with Gasteiger partial charge in [-0.3, -0.25) is 4.98 Å². The highest BCUT2D eigenvalue weighted by Crippen LogP contribution is 2.44. The zero-order chi connectivity index (χ0) is 18.8. The van der Waals surface area contributed by atoms with Gasteiger partial charge in [0.15, 0.2) is 5.11 Å². The molecule has 7 heteroatoms. The van der Waals surface area contributed by atoms with Crippen molar-refractivity contribution < 1.29 is 4.74 Å². The Morgan fingerprint density at radius 3 is 2.63 bits per heavy atom. The Labute approximate surface area is 172 Å². The summed E-state index contributed by atoms with van der Waals surface area (Å²) < 4.78 is 6.32. The summed E-state index contributed by atoms with van der Waals surface area (Å²) in [6, 6.07) is 17.8. The Kier molecular flexibility index (Phi) is 5.29. The molecule has 1 fully saturated rings. The van der Waals surface area contributed by atoms with Crippen LogP contribution in [0, 0.1) is 0 Å². The number of rotatable bonds is 5. The largest absolute Gasteiger partial charge is 0.494 e. The summed E-state index contributed by atoms with van der Waals surface area (Å²) in [6.45, 7) is 2.61. The number of thiophene rings is 1. The Balaban J connectivity index is 1.75. The van der Waals surface area contributed by atoms with Gasteiger partial charge in [0.1, 0.15) is 5.75 Å². The van der Waals surface area contributed by atoms with Crippen LogP contribution in [0.3, 0.4) is 0 Å². The first-order valence-electron chi connectivity index (χ1n) is 8.66. The van der Waals surface area contributed by atoms with Gasteiger partial charge in [0.2, 0.25) is 0 Å². The van der Waals surface area contributed by atoms with Gasteiger partial charge in [0.25, 0.3) is 0 Å². The van der Waals surface area contributed by atoms with Gasteiger partial charge in [-0.05, 0) is 67.7 Å². The number of pyridine rings is 1. The fraction of sp³-hybridized carbons (Fsp3) is 0.200. The molecule has 0 amide bonds. The lowest BCUT2D eigenvalue weighted by atomic mass is 10.0. The molecule has 0 bridgehead atoms. The second-order valence-corrected chi connectivity index (χ2v) is 8.20. The van der Waals surface area contributed by atoms with Crippen LogP contribution >= 0.6 is 35.2 Å². The second-order valence-electron chi connectivity index (χ2n) is 6.07. The van der Waals surface area contributed by atoms with Crippen molar-refractivity contribution >= 4 is 46.0 Å². The molecule has 0 spiro atoms. The van der Waals surface area contributed by atoms with Gasteiger partial charge in [0, 0.05) is 16.8 Å². The van der Waals surface area contributed by atoms with Crippen molar-refractivity contribution in [2.45, 2.75) is 19.0 Å². The van der Waals surface area contributed by atoms with Crippen LogP contribution in [0.15, 0.2) is 60.8 Å². The average Bonchev–Trinajstić information content (AvgIpc) is 3.26. The van der Waals surface area contributed by atoms with Crippen molar-refractivity contribution in [3.63, 3.8) is 0 Å². The summed E-state index contributed by atoms with van der Waals surface area (Å²) in [5.41, 5.74) is 1.95. The minimum Gasteiger partial charge on any atom is -0.494 e. The van der Waals surface area contributed by atoms with E-state index >= 15 is 0 Å². The van der Waals surface area contributed by atoms with Crippen molar-refractivity contribution in [2.75, 3.05) is 11.5 Å². The van der Waals surface area contributed by atoms with Crippen molar-refractivity contribution in [1.29, 1.82) is 0 Å². The summed E-state index contributed by atoms with van der Waals surface area (Å²) in [7, 11) is 0. The highest BCUT2D eigenvalue weighted by atomic mass is 35.5. The molecule has 1 aliphatic heterocycles. The van der Waals surface area contributed by atoms with E-state index in [9.17, 15) is 0 Å². The number of nitrogens with zero attached hydrogens (tertiary/aromatic N) is 2. The van der Waals surface area contributed by atoms with E-state index in [1.807, 2.05) is 55.5 Å². The van der Waals surface area contributed by atoms with Crippen LogP contribution in [-0.4, -0.2) is 16.7 Å². The molecule has 0 aliphatic carbocycles. The standard InChI is InChI=1S/C20H18ClN3OS2/c1-2-25-14-8-6-13(7-9-14)24-19(16-10-11-17(21)27-16)18(23-20(24)26)15-5-3-4-12-22-15/h3-12,18-19H,2H2,1H3,(H,23,26)/t18-,19-/m1/s1. The molecular formula is C20H18ClN3OS2. The lowest BCUT2D eigenvalue weighted by Gasteiger charge is -2.27. The van der Waals surface area contributed by atoms with Gasteiger partial charge in [-0.2, -0.15) is 0 Å². The Bertz CT molecular complexity index is 930. The maximum Gasteiger partial charge on any atom is 0.174 e. The molecular weight excluding hydrogens is 398 g/mol. The predicted octanol–water partition coefficient (Wildman–Crippen LogP) is 5.37. The van der Waals surface area contributed by atoms with Crippen LogP contribution in [-0.2, 0) is 0 Å². The first-order chi connectivity index (χ1) is 13.2. The summed E-state index contributed by atoms with van der Waals surface area (Å²) in [5.74, 6) is 0.844. The Hall–Kier alpha value is -2.15. The molecule has 1 N–H and O–H groups in total. The van der Waals surface area contributed by atoms with Crippen LogP contribution < -0.4 is 15.0 Å². The van der Waals surface area contributed by atoms with Gasteiger partial charge < -0.3 is 15.0 Å². The monoisotopic (exact) mass is 415 g/mol. The molecule has 4 nitrogen and oxygen atoms in total. The van der Waals surface area contributed by atoms with E-state index < -0.39 is 0 Å². The molecule has 3 heterocycles. The lowest BCUT2D eigenvalue weighted by Crippen LogP contribution is -2.29. The molecule has 3 aromatic rings. The molecule has 0 radical (unpaired) electrons. The molecule has 1 saturated heterocycles. The molecule has 0 saturated carbocycles. The van der Waals surface area contributed by atoms with Gasteiger partial charge in [-0.25, -0.2) is 0 Å². The number of hydrogen-bond acceptors (Lipinski definition) is 4. The fourth-order valence-electron chi connectivity index (χ4n) is 3.28. The quantitative estimate of drug-likeness (QED) is 0.567. The van der Waals surface area contributed by atoms with Crippen LogP contribution in [0.1, 0.15) is 29.6 Å². The minimum atomic E-state index is -0.0556. The fourth-order valence-corrected chi connectivity index (χ4v) is 4.81. The van der Waals surface area contributed by atoms with Crippen LogP contribution in [0.2, 0.25) is 4.34 Å². The van der Waals surface area contributed by atoms with Gasteiger partial charge in [0.05, 0.1) is 28.7 Å². The number of benzene rings is 1. The van der Waals surface area contributed by atoms with E-state index in [0.29, 0.717) is 11.7 Å². The maximum absolute atomic E-state index is 6.23. The number of hydrogen-bond donors (Lipinski definition) is 1. The molecule has 1 aliphatic rings. The van der Waals surface area contributed by atoms with E-state index in [1.165, 1.54) is 0 Å². The minimum absolute atomic E-state index is 0.0251. The molecule has 2 aromatic heterocycles. The van der Waals surface area contributed by atoms with Gasteiger partial charge >= 0.3 is 0 Å². The molecule has 4 rings (SSSR count). The first-order valence-corrected chi connectivity index (χ1v) is 10.3. The number of aromatic nitrogens is 1. The topological polar surface area (TPSA) is 37.4 Å². The van der Waals surface area contributed by atoms with Crippen molar-refractivity contribution in [1.82, 2.24) is 10.3 Å². The zero-order valence-corrected chi connectivity index (χ0v) is 17.0. The lowest BCUT2D eigenvalue weighted by molar-refractivity contribution is 0.340. The summed E-state index contributed by atoms with van der Waals surface area (Å²) in [6.07, 6.45) is 1.80. The zero-order valence-electron chi connectivity index (χ0n) is 14.6. The average molecular weight is 416 g/mol. The SMILES string of the molecule is CCOc1ccc(N2C(=S)N[C@H](c3ccccn3)[C@H]2c2ccc(Cl)s2)cc1. The molecule has 27 heavy (non-hydrogen) atoms. The predicted molar refractivity (Wildman–Crippen MR) is 115 cm³/mol. The second kappa shape index (κ2) is 7.84. The summed E-state index contributed by atoms with van der Waals surface area (Å²) in [5, 5.41) is 4.11. The van der Waals surface area contributed by atoms with Crippen LogP contribution in [0.4, 0.5) is 5.69 Å². The third-order valence-electron chi connectivity index (χ3n) is 4.41. The Morgan fingerprint density at radius 2 is 2.00 bits per heavy atom. The highest BCUT2D eigenvalue weighted by Gasteiger charge is 2.41. The van der Waals surface area contributed by atoms with Crippen LogP contribution in [0.5, 0.6) is 5.75 Å². The van der Waals surface area contributed by atoms with Crippen molar-refractivity contribution in [3.05, 3.63) is 75.7 Å². The molecule has 138 valence electrons. The van der Waals surface area contributed by atoms with E-state index in [2.05, 4.69) is 21.3 Å². The number of thiocarbonyl (C=S) groups is 1. The molecule has 1 aromatic carbocycles. The van der Waals surface area contributed by atoms with Gasteiger partial charge in [-0.15, -0.1) is 11.3 Å². The number of ether oxygens (including phenoxy) is 1. The third-order valence-corrected chi connectivity index (χ3v) is 6.03. The van der Waals surface area contributed by atoms with Crippen LogP contribution in [0.25, 0.3) is 0 Å². The first kappa shape index (κ1) is 18.2. The number of anilines is 1. The van der Waals surface area contributed by atoms with E-state index in [4.69, 9.17) is 28.6 Å². The smallest absolute Gasteiger partial charge is 0.174 e. The van der Waals surface area contributed by atoms with Gasteiger partial charge in [-0.1, -0.05) is 17.7 Å². The molecule has 2 atom stereocenters. The number of nitrogens with one attached hydrogen (secondary N) is 1. The third kappa shape index (κ3) is 3.65.